The lowest BCUT2D eigenvalue weighted by Crippen LogP contribution is -2.28. The van der Waals surface area contributed by atoms with Gasteiger partial charge in [0.25, 0.3) is 0 Å². The Morgan fingerprint density at radius 1 is 1.29 bits per heavy atom. The molecule has 1 aliphatic heterocycles. The molecule has 0 aromatic heterocycles. The predicted octanol–water partition coefficient (Wildman–Crippen LogP) is 2.09. The van der Waals surface area contributed by atoms with Gasteiger partial charge in [-0.05, 0) is 50.4 Å². The largest absolute Gasteiger partial charge is 0.508 e. The summed E-state index contributed by atoms with van der Waals surface area (Å²) < 4.78 is 5.73. The number of hydrogen-bond donors (Lipinski definition) is 2. The monoisotopic (exact) mass is 235 g/mol. The van der Waals surface area contributed by atoms with Crippen LogP contribution in [0.2, 0.25) is 0 Å². The first kappa shape index (κ1) is 12.4. The van der Waals surface area contributed by atoms with Crippen molar-refractivity contribution in [3.63, 3.8) is 0 Å². The molecule has 0 amide bonds. The van der Waals surface area contributed by atoms with E-state index in [1.807, 2.05) is 12.1 Å². The van der Waals surface area contributed by atoms with E-state index in [4.69, 9.17) is 9.84 Å². The Bertz CT molecular complexity index is 337. The van der Waals surface area contributed by atoms with Crippen molar-refractivity contribution in [3.05, 3.63) is 29.8 Å². The first-order valence-electron chi connectivity index (χ1n) is 6.38. The average Bonchev–Trinajstić information content (AvgIpc) is 2.73. The standard InChI is InChI=1S/C14H21NO2/c1-11-2-7-14(17-11)10-15-9-8-12-3-5-13(16)6-4-12/h3-6,11,14-16H,2,7-10H2,1H3. The second kappa shape index (κ2) is 6.03. The third-order valence-corrected chi connectivity index (χ3v) is 3.22. The average molecular weight is 235 g/mol. The Morgan fingerprint density at radius 3 is 2.71 bits per heavy atom. The summed E-state index contributed by atoms with van der Waals surface area (Å²) in [5.41, 5.74) is 1.25. The van der Waals surface area contributed by atoms with Gasteiger partial charge in [-0.15, -0.1) is 0 Å². The molecule has 3 nitrogen and oxygen atoms in total. The highest BCUT2D eigenvalue weighted by molar-refractivity contribution is 5.25. The number of phenolic OH excluding ortho intramolecular Hbond substituents is 1. The van der Waals surface area contributed by atoms with Gasteiger partial charge in [0.1, 0.15) is 5.75 Å². The molecule has 2 unspecified atom stereocenters. The van der Waals surface area contributed by atoms with Gasteiger partial charge in [0, 0.05) is 6.54 Å². The third-order valence-electron chi connectivity index (χ3n) is 3.22. The van der Waals surface area contributed by atoms with Crippen LogP contribution in [0, 0.1) is 0 Å². The highest BCUT2D eigenvalue weighted by Crippen LogP contribution is 2.18. The summed E-state index contributed by atoms with van der Waals surface area (Å²) in [6, 6.07) is 7.39. The molecule has 0 bridgehead atoms. The van der Waals surface area contributed by atoms with Crippen molar-refractivity contribution in [2.24, 2.45) is 0 Å². The van der Waals surface area contributed by atoms with E-state index in [9.17, 15) is 0 Å². The van der Waals surface area contributed by atoms with E-state index in [2.05, 4.69) is 12.2 Å². The molecule has 1 saturated heterocycles. The number of phenols is 1. The summed E-state index contributed by atoms with van der Waals surface area (Å²) in [5, 5.41) is 12.6. The van der Waals surface area contributed by atoms with E-state index in [0.717, 1.165) is 19.5 Å². The molecule has 1 heterocycles. The van der Waals surface area contributed by atoms with Gasteiger partial charge in [-0.2, -0.15) is 0 Å². The van der Waals surface area contributed by atoms with E-state index in [-0.39, 0.29) is 0 Å². The lowest BCUT2D eigenvalue weighted by molar-refractivity contribution is 0.0562. The SMILES string of the molecule is CC1CCC(CNCCc2ccc(O)cc2)O1. The summed E-state index contributed by atoms with van der Waals surface area (Å²) in [5.74, 6) is 0.329. The van der Waals surface area contributed by atoms with Gasteiger partial charge in [-0.3, -0.25) is 0 Å². The smallest absolute Gasteiger partial charge is 0.115 e. The van der Waals surface area contributed by atoms with E-state index in [0.29, 0.717) is 18.0 Å². The minimum atomic E-state index is 0.329. The minimum absolute atomic E-state index is 0.329. The second-order valence-electron chi connectivity index (χ2n) is 4.77. The molecule has 1 aromatic rings. The number of hydrogen-bond acceptors (Lipinski definition) is 3. The van der Waals surface area contributed by atoms with Gasteiger partial charge in [-0.1, -0.05) is 12.1 Å². The predicted molar refractivity (Wildman–Crippen MR) is 68.2 cm³/mol. The minimum Gasteiger partial charge on any atom is -0.508 e. The number of nitrogens with one attached hydrogen (secondary N) is 1. The Hall–Kier alpha value is -1.06. The van der Waals surface area contributed by atoms with Crippen LogP contribution in [0.1, 0.15) is 25.3 Å². The van der Waals surface area contributed by atoms with E-state index in [1.165, 1.54) is 18.4 Å². The van der Waals surface area contributed by atoms with Crippen LogP contribution in [0.15, 0.2) is 24.3 Å². The van der Waals surface area contributed by atoms with Gasteiger partial charge in [0.05, 0.1) is 12.2 Å². The summed E-state index contributed by atoms with van der Waals surface area (Å²) in [7, 11) is 0. The molecule has 3 heteroatoms. The number of aromatic hydroxyl groups is 1. The van der Waals surface area contributed by atoms with E-state index < -0.39 is 0 Å². The van der Waals surface area contributed by atoms with Crippen LogP contribution in [0.3, 0.4) is 0 Å². The van der Waals surface area contributed by atoms with Crippen LogP contribution >= 0.6 is 0 Å². The Kier molecular flexibility index (Phi) is 4.40. The second-order valence-corrected chi connectivity index (χ2v) is 4.77. The zero-order valence-corrected chi connectivity index (χ0v) is 10.4. The molecule has 0 aliphatic carbocycles. The summed E-state index contributed by atoms with van der Waals surface area (Å²) >= 11 is 0. The highest BCUT2D eigenvalue weighted by Gasteiger charge is 2.20. The van der Waals surface area contributed by atoms with Crippen LogP contribution in [0.4, 0.5) is 0 Å². The zero-order chi connectivity index (χ0) is 12.1. The van der Waals surface area contributed by atoms with Gasteiger partial charge < -0.3 is 15.2 Å². The van der Waals surface area contributed by atoms with Gasteiger partial charge in [-0.25, -0.2) is 0 Å². The number of rotatable bonds is 5. The molecule has 17 heavy (non-hydrogen) atoms. The van der Waals surface area contributed by atoms with Crippen LogP contribution in [0.5, 0.6) is 5.75 Å². The van der Waals surface area contributed by atoms with Crippen LogP contribution in [-0.2, 0) is 11.2 Å². The lowest BCUT2D eigenvalue weighted by Gasteiger charge is -2.12. The summed E-state index contributed by atoms with van der Waals surface area (Å²) in [4.78, 5) is 0. The molecule has 1 aromatic carbocycles. The molecule has 2 N–H and O–H groups in total. The molecular formula is C14H21NO2. The molecule has 94 valence electrons. The fraction of sp³-hybridized carbons (Fsp3) is 0.571. The molecular weight excluding hydrogens is 214 g/mol. The highest BCUT2D eigenvalue weighted by atomic mass is 16.5. The molecule has 0 saturated carbocycles. The first-order valence-corrected chi connectivity index (χ1v) is 6.38. The van der Waals surface area contributed by atoms with Crippen molar-refractivity contribution in [1.29, 1.82) is 0 Å². The molecule has 2 atom stereocenters. The van der Waals surface area contributed by atoms with Crippen molar-refractivity contribution in [1.82, 2.24) is 5.32 Å². The Balaban J connectivity index is 1.61. The van der Waals surface area contributed by atoms with Crippen molar-refractivity contribution in [2.75, 3.05) is 13.1 Å². The van der Waals surface area contributed by atoms with Crippen LogP contribution in [0.25, 0.3) is 0 Å². The quantitative estimate of drug-likeness (QED) is 0.768. The van der Waals surface area contributed by atoms with Gasteiger partial charge >= 0.3 is 0 Å². The maximum Gasteiger partial charge on any atom is 0.115 e. The van der Waals surface area contributed by atoms with Gasteiger partial charge in [0.15, 0.2) is 0 Å². The van der Waals surface area contributed by atoms with Crippen molar-refractivity contribution < 1.29 is 9.84 Å². The van der Waals surface area contributed by atoms with E-state index in [1.54, 1.807) is 12.1 Å². The topological polar surface area (TPSA) is 41.5 Å². The third kappa shape index (κ3) is 4.02. The van der Waals surface area contributed by atoms with Crippen molar-refractivity contribution in [3.8, 4) is 5.75 Å². The maximum absolute atomic E-state index is 9.16. The fourth-order valence-electron chi connectivity index (χ4n) is 2.19. The summed E-state index contributed by atoms with van der Waals surface area (Å²) in [6.45, 7) is 4.04. The maximum atomic E-state index is 9.16. The molecule has 2 rings (SSSR count). The number of ether oxygens (including phenoxy) is 1. The zero-order valence-electron chi connectivity index (χ0n) is 10.4. The van der Waals surface area contributed by atoms with Gasteiger partial charge in [0.2, 0.25) is 0 Å². The Labute approximate surface area is 103 Å². The molecule has 0 spiro atoms. The first-order chi connectivity index (χ1) is 8.24. The number of benzene rings is 1. The van der Waals surface area contributed by atoms with Crippen molar-refractivity contribution in [2.45, 2.75) is 38.4 Å². The normalized spacial score (nSPS) is 24.1. The van der Waals surface area contributed by atoms with Crippen LogP contribution in [-0.4, -0.2) is 30.4 Å². The molecule has 1 aliphatic rings. The van der Waals surface area contributed by atoms with E-state index >= 15 is 0 Å². The summed E-state index contributed by atoms with van der Waals surface area (Å²) in [6.07, 6.45) is 4.17. The van der Waals surface area contributed by atoms with Crippen molar-refractivity contribution >= 4 is 0 Å². The molecule has 1 fully saturated rings. The fourth-order valence-corrected chi connectivity index (χ4v) is 2.19. The van der Waals surface area contributed by atoms with Crippen LogP contribution < -0.4 is 5.32 Å². The lowest BCUT2D eigenvalue weighted by atomic mass is 10.1. The molecule has 0 radical (unpaired) electrons. The Morgan fingerprint density at radius 2 is 2.06 bits per heavy atom.